The van der Waals surface area contributed by atoms with Gasteiger partial charge in [-0.25, -0.2) is 13.4 Å². The largest absolute Gasteiger partial charge is 0.417 e. The molecule has 3 aromatic rings. The molecule has 2 aromatic heterocycles. The maximum Gasteiger partial charge on any atom is 0.417 e. The Morgan fingerprint density at radius 1 is 0.771 bits per heavy atom. The molecule has 0 unspecified atom stereocenters. The number of alkyl halides is 9. The maximum absolute atomic E-state index is 13.2. The Morgan fingerprint density at radius 3 is 1.74 bits per heavy atom. The average molecular weight is 531 g/mol. The van der Waals surface area contributed by atoms with Crippen LogP contribution in [-0.2, 0) is 35.4 Å². The van der Waals surface area contributed by atoms with Crippen LogP contribution < -0.4 is 0 Å². The molecule has 190 valence electrons. The van der Waals surface area contributed by atoms with E-state index in [-0.39, 0.29) is 17.6 Å². The van der Waals surface area contributed by atoms with Crippen LogP contribution in [0.25, 0.3) is 22.8 Å². The van der Waals surface area contributed by atoms with Gasteiger partial charge in [-0.3, -0.25) is 4.98 Å². The molecule has 0 aliphatic rings. The lowest BCUT2D eigenvalue weighted by molar-refractivity contribution is -0.143. The van der Waals surface area contributed by atoms with E-state index < -0.39 is 67.0 Å². The number of hydrogen-bond acceptors (Lipinski definition) is 4. The number of pyridine rings is 1. The summed E-state index contributed by atoms with van der Waals surface area (Å²) in [6.07, 6.45) is -13.9. The maximum atomic E-state index is 13.2. The van der Waals surface area contributed by atoms with Crippen molar-refractivity contribution >= 4 is 9.84 Å². The molecule has 2 heterocycles. The molecule has 0 aliphatic carbocycles. The SMILES string of the molecule is CCS(=O)(=O)c1cc(C(F)(F)F)cnc1-c1ncc(-c2cc(C(F)(F)F)cc(C(F)(F)F)c2)n1C. The highest BCUT2D eigenvalue weighted by molar-refractivity contribution is 7.91. The third-order valence-electron chi connectivity index (χ3n) is 4.98. The average Bonchev–Trinajstić information content (AvgIpc) is 3.12. The van der Waals surface area contributed by atoms with Gasteiger partial charge in [0.2, 0.25) is 0 Å². The summed E-state index contributed by atoms with van der Waals surface area (Å²) in [5, 5.41) is 0. The van der Waals surface area contributed by atoms with E-state index in [0.29, 0.717) is 24.4 Å². The van der Waals surface area contributed by atoms with E-state index in [4.69, 9.17) is 0 Å². The summed E-state index contributed by atoms with van der Waals surface area (Å²) >= 11 is 0. The van der Waals surface area contributed by atoms with Crippen molar-refractivity contribution in [1.29, 1.82) is 0 Å². The van der Waals surface area contributed by atoms with Gasteiger partial charge in [-0.05, 0) is 24.3 Å². The van der Waals surface area contributed by atoms with Crippen molar-refractivity contribution in [2.45, 2.75) is 30.3 Å². The van der Waals surface area contributed by atoms with Gasteiger partial charge < -0.3 is 4.57 Å². The number of halogens is 9. The summed E-state index contributed by atoms with van der Waals surface area (Å²) in [5.41, 5.74) is -5.94. The van der Waals surface area contributed by atoms with E-state index in [0.717, 1.165) is 17.8 Å². The molecule has 3 rings (SSSR count). The normalized spacial score (nSPS) is 13.3. The molecular weight excluding hydrogens is 517 g/mol. The van der Waals surface area contributed by atoms with Crippen molar-refractivity contribution in [3.05, 3.63) is 53.3 Å². The minimum Gasteiger partial charge on any atom is -0.326 e. The second kappa shape index (κ2) is 8.53. The summed E-state index contributed by atoms with van der Waals surface area (Å²) in [7, 11) is -3.15. The van der Waals surface area contributed by atoms with Crippen molar-refractivity contribution in [2.75, 3.05) is 5.75 Å². The Morgan fingerprint density at radius 2 is 1.29 bits per heavy atom. The molecule has 0 aliphatic heterocycles. The first kappa shape index (κ1) is 26.5. The van der Waals surface area contributed by atoms with E-state index in [1.54, 1.807) is 0 Å². The number of benzene rings is 1. The van der Waals surface area contributed by atoms with E-state index in [9.17, 15) is 47.9 Å². The summed E-state index contributed by atoms with van der Waals surface area (Å²) in [6.45, 7) is 1.17. The van der Waals surface area contributed by atoms with Gasteiger partial charge in [0, 0.05) is 18.8 Å². The predicted octanol–water partition coefficient (Wildman–Crippen LogP) is 6.00. The number of imidazole rings is 1. The molecule has 0 fully saturated rings. The van der Waals surface area contributed by atoms with E-state index in [2.05, 4.69) is 9.97 Å². The zero-order valence-corrected chi connectivity index (χ0v) is 18.5. The quantitative estimate of drug-likeness (QED) is 0.388. The van der Waals surface area contributed by atoms with E-state index >= 15 is 0 Å². The molecule has 0 bridgehead atoms. The van der Waals surface area contributed by atoms with Crippen LogP contribution in [0.1, 0.15) is 23.6 Å². The summed E-state index contributed by atoms with van der Waals surface area (Å²) < 4.78 is 145. The summed E-state index contributed by atoms with van der Waals surface area (Å²) in [6, 6.07) is 1.17. The Bertz CT molecular complexity index is 1340. The monoisotopic (exact) mass is 531 g/mol. The van der Waals surface area contributed by atoms with Crippen LogP contribution in [0.5, 0.6) is 0 Å². The fraction of sp³-hybridized carbons (Fsp3) is 0.300. The van der Waals surface area contributed by atoms with Crippen LogP contribution in [0, 0.1) is 0 Å². The topological polar surface area (TPSA) is 64.8 Å². The zero-order chi connectivity index (χ0) is 26.6. The van der Waals surface area contributed by atoms with Gasteiger partial charge in [0.25, 0.3) is 0 Å². The lowest BCUT2D eigenvalue weighted by Crippen LogP contribution is -2.13. The van der Waals surface area contributed by atoms with Gasteiger partial charge in [0.1, 0.15) is 5.69 Å². The molecular formula is C20H14F9N3O2S. The third kappa shape index (κ3) is 5.28. The molecule has 15 heteroatoms. The van der Waals surface area contributed by atoms with Crippen molar-refractivity contribution in [2.24, 2.45) is 7.05 Å². The van der Waals surface area contributed by atoms with Gasteiger partial charge in [0.05, 0.1) is 39.2 Å². The highest BCUT2D eigenvalue weighted by Crippen LogP contribution is 2.40. The van der Waals surface area contributed by atoms with Gasteiger partial charge in [-0.15, -0.1) is 0 Å². The number of hydrogen-bond donors (Lipinski definition) is 0. The van der Waals surface area contributed by atoms with Crippen molar-refractivity contribution in [3.8, 4) is 22.8 Å². The van der Waals surface area contributed by atoms with Crippen molar-refractivity contribution in [3.63, 3.8) is 0 Å². The van der Waals surface area contributed by atoms with E-state index in [1.807, 2.05) is 0 Å². The van der Waals surface area contributed by atoms with Crippen LogP contribution >= 0.6 is 0 Å². The Kier molecular flexibility index (Phi) is 6.46. The zero-order valence-electron chi connectivity index (χ0n) is 17.6. The predicted molar refractivity (Wildman–Crippen MR) is 105 cm³/mol. The summed E-state index contributed by atoms with van der Waals surface area (Å²) in [5.74, 6) is -0.991. The van der Waals surface area contributed by atoms with Crippen LogP contribution in [0.2, 0.25) is 0 Å². The van der Waals surface area contributed by atoms with Crippen molar-refractivity contribution in [1.82, 2.24) is 14.5 Å². The number of rotatable bonds is 4. The minimum atomic E-state index is -5.12. The fourth-order valence-electron chi connectivity index (χ4n) is 3.16. The molecule has 35 heavy (non-hydrogen) atoms. The van der Waals surface area contributed by atoms with Crippen LogP contribution in [0.3, 0.4) is 0 Å². The molecule has 0 radical (unpaired) electrons. The van der Waals surface area contributed by atoms with Crippen LogP contribution in [0.4, 0.5) is 39.5 Å². The Hall–Kier alpha value is -3.10. The lowest BCUT2D eigenvalue weighted by atomic mass is 10.0. The Balaban J connectivity index is 2.27. The molecule has 0 amide bonds. The molecule has 0 spiro atoms. The second-order valence-corrected chi connectivity index (χ2v) is 9.54. The lowest BCUT2D eigenvalue weighted by Gasteiger charge is -2.15. The van der Waals surface area contributed by atoms with Gasteiger partial charge in [-0.2, -0.15) is 39.5 Å². The number of sulfone groups is 1. The molecule has 0 saturated heterocycles. The van der Waals surface area contributed by atoms with Crippen molar-refractivity contribution < 1.29 is 47.9 Å². The highest BCUT2D eigenvalue weighted by atomic mass is 32.2. The highest BCUT2D eigenvalue weighted by Gasteiger charge is 2.38. The van der Waals surface area contributed by atoms with E-state index in [1.165, 1.54) is 6.92 Å². The van der Waals surface area contributed by atoms with Gasteiger partial charge in [-0.1, -0.05) is 6.92 Å². The number of aromatic nitrogens is 3. The molecule has 0 atom stereocenters. The van der Waals surface area contributed by atoms with Crippen LogP contribution in [-0.4, -0.2) is 28.7 Å². The molecule has 5 nitrogen and oxygen atoms in total. The second-order valence-electron chi connectivity index (χ2n) is 7.29. The first-order valence-corrected chi connectivity index (χ1v) is 11.1. The third-order valence-corrected chi connectivity index (χ3v) is 6.72. The minimum absolute atomic E-state index is 0.0654. The van der Waals surface area contributed by atoms with Gasteiger partial charge in [0.15, 0.2) is 15.7 Å². The summed E-state index contributed by atoms with van der Waals surface area (Å²) in [4.78, 5) is 6.57. The Labute approximate surface area is 192 Å². The smallest absolute Gasteiger partial charge is 0.326 e. The molecule has 0 saturated carbocycles. The molecule has 0 N–H and O–H groups in total. The first-order chi connectivity index (χ1) is 15.9. The number of nitrogens with zero attached hydrogens (tertiary/aromatic N) is 3. The standard InChI is InChI=1S/C20H14F9N3O2S/c1-3-35(33,34)15-7-13(20(27,28)29)8-30-16(15)17-31-9-14(32(17)2)10-4-11(18(21,22)23)6-12(5-10)19(24,25)26/h4-9H,3H2,1-2H3. The van der Waals surface area contributed by atoms with Crippen LogP contribution in [0.15, 0.2) is 41.6 Å². The molecule has 1 aromatic carbocycles. The first-order valence-electron chi connectivity index (χ1n) is 9.48. The van der Waals surface area contributed by atoms with Gasteiger partial charge >= 0.3 is 18.5 Å². The fourth-order valence-corrected chi connectivity index (χ4v) is 4.22.